The van der Waals surface area contributed by atoms with Gasteiger partial charge in [-0.3, -0.25) is 9.88 Å². The van der Waals surface area contributed by atoms with Gasteiger partial charge in [0.1, 0.15) is 5.01 Å². The summed E-state index contributed by atoms with van der Waals surface area (Å²) < 4.78 is 0. The monoisotopic (exact) mass is 378 g/mol. The van der Waals surface area contributed by atoms with Crippen LogP contribution in [0.5, 0.6) is 0 Å². The summed E-state index contributed by atoms with van der Waals surface area (Å²) in [5.41, 5.74) is 3.22. The number of nitrogens with zero attached hydrogens (tertiary/aromatic N) is 6. The first-order chi connectivity index (χ1) is 13.3. The molecule has 6 nitrogen and oxygen atoms in total. The van der Waals surface area contributed by atoms with Crippen LogP contribution in [0.2, 0.25) is 0 Å². The topological polar surface area (TPSA) is 58.0 Å². The Morgan fingerprint density at radius 1 is 1.00 bits per heavy atom. The van der Waals surface area contributed by atoms with E-state index in [4.69, 9.17) is 4.98 Å². The van der Waals surface area contributed by atoms with Crippen LogP contribution in [-0.4, -0.2) is 51.2 Å². The molecule has 1 fully saturated rings. The van der Waals surface area contributed by atoms with E-state index in [-0.39, 0.29) is 0 Å². The Balaban J connectivity index is 1.19. The van der Waals surface area contributed by atoms with Gasteiger partial charge in [-0.2, -0.15) is 0 Å². The fraction of sp³-hybridized carbons (Fsp3) is 0.400. The third-order valence-corrected chi connectivity index (χ3v) is 6.45. The van der Waals surface area contributed by atoms with Gasteiger partial charge in [-0.05, 0) is 43.5 Å². The minimum Gasteiger partial charge on any atom is -0.353 e. The zero-order chi connectivity index (χ0) is 18.1. The van der Waals surface area contributed by atoms with E-state index >= 15 is 0 Å². The summed E-state index contributed by atoms with van der Waals surface area (Å²) in [6, 6.07) is 8.02. The number of thiazole rings is 1. The molecule has 7 heteroatoms. The maximum Gasteiger partial charge on any atom is 0.151 e. The molecule has 0 spiro atoms. The van der Waals surface area contributed by atoms with Crippen molar-refractivity contribution in [3.05, 3.63) is 52.2 Å². The Morgan fingerprint density at radius 3 is 2.67 bits per heavy atom. The third kappa shape index (κ3) is 3.57. The lowest BCUT2D eigenvalue weighted by molar-refractivity contribution is 0.248. The number of hydrogen-bond donors (Lipinski definition) is 0. The second-order valence-corrected chi connectivity index (χ2v) is 8.28. The molecule has 3 aromatic rings. The molecule has 0 unspecified atom stereocenters. The summed E-state index contributed by atoms with van der Waals surface area (Å²) in [6.45, 7) is 5.02. The van der Waals surface area contributed by atoms with Crippen LogP contribution in [0.1, 0.15) is 22.0 Å². The number of aryl methyl sites for hydroxylation is 2. The van der Waals surface area contributed by atoms with Gasteiger partial charge in [0, 0.05) is 49.0 Å². The minimum atomic E-state index is 0.863. The zero-order valence-corrected chi connectivity index (χ0v) is 16.0. The number of rotatable bonds is 4. The van der Waals surface area contributed by atoms with Crippen molar-refractivity contribution in [3.63, 3.8) is 0 Å². The quantitative estimate of drug-likeness (QED) is 0.696. The number of fused-ring (bicyclic) bond motifs is 1. The Bertz CT molecular complexity index is 878. The molecule has 1 aliphatic heterocycles. The third-order valence-electron chi connectivity index (χ3n) is 5.30. The van der Waals surface area contributed by atoms with Crippen molar-refractivity contribution in [1.29, 1.82) is 0 Å². The van der Waals surface area contributed by atoms with Crippen molar-refractivity contribution >= 4 is 17.2 Å². The number of anilines is 1. The molecular weight excluding hydrogens is 356 g/mol. The van der Waals surface area contributed by atoms with Crippen LogP contribution >= 0.6 is 11.3 Å². The number of hydrogen-bond acceptors (Lipinski definition) is 7. The standard InChI is InChI=1S/C20H22N6S/c1-4-17-18(5-1)27-20(22-17)14-25-9-11-26(12-10-25)19-7-6-16(23-24-19)15-3-2-8-21-13-15/h2-3,6-8,13H,1,4-5,9-12,14H2. The molecule has 0 amide bonds. The van der Waals surface area contributed by atoms with E-state index in [0.29, 0.717) is 0 Å². The average molecular weight is 379 g/mol. The molecule has 3 aromatic heterocycles. The fourth-order valence-corrected chi connectivity index (χ4v) is 5.00. The molecule has 0 bridgehead atoms. The van der Waals surface area contributed by atoms with Crippen molar-refractivity contribution in [2.45, 2.75) is 25.8 Å². The molecule has 0 aromatic carbocycles. The average Bonchev–Trinajstić information content (AvgIpc) is 3.31. The largest absolute Gasteiger partial charge is 0.353 e. The van der Waals surface area contributed by atoms with Crippen LogP contribution in [-0.2, 0) is 19.4 Å². The van der Waals surface area contributed by atoms with E-state index in [2.05, 4.69) is 31.0 Å². The van der Waals surface area contributed by atoms with Crippen LogP contribution in [0.3, 0.4) is 0 Å². The Hall–Kier alpha value is -2.38. The van der Waals surface area contributed by atoms with Gasteiger partial charge in [-0.1, -0.05) is 0 Å². The molecule has 4 heterocycles. The summed E-state index contributed by atoms with van der Waals surface area (Å²) in [6.07, 6.45) is 7.27. The van der Waals surface area contributed by atoms with Crippen molar-refractivity contribution in [1.82, 2.24) is 25.1 Å². The predicted octanol–water partition coefficient (Wildman–Crippen LogP) is 2.81. The van der Waals surface area contributed by atoms with Crippen LogP contribution in [0.4, 0.5) is 5.82 Å². The van der Waals surface area contributed by atoms with Gasteiger partial charge in [-0.25, -0.2) is 4.98 Å². The molecule has 1 saturated heterocycles. The normalized spacial score (nSPS) is 17.3. The van der Waals surface area contributed by atoms with Gasteiger partial charge < -0.3 is 4.90 Å². The first-order valence-electron chi connectivity index (χ1n) is 9.54. The highest BCUT2D eigenvalue weighted by atomic mass is 32.1. The molecular formula is C20H22N6S. The summed E-state index contributed by atoms with van der Waals surface area (Å²) in [5, 5.41) is 10.1. The summed E-state index contributed by atoms with van der Waals surface area (Å²) >= 11 is 1.92. The summed E-state index contributed by atoms with van der Waals surface area (Å²) in [4.78, 5) is 15.3. The molecule has 0 N–H and O–H groups in total. The van der Waals surface area contributed by atoms with Crippen molar-refractivity contribution in [2.75, 3.05) is 31.1 Å². The molecule has 0 saturated carbocycles. The van der Waals surface area contributed by atoms with E-state index in [1.165, 1.54) is 34.8 Å². The molecule has 1 aliphatic carbocycles. The van der Waals surface area contributed by atoms with Crippen LogP contribution in [0, 0.1) is 0 Å². The molecule has 138 valence electrons. The van der Waals surface area contributed by atoms with Gasteiger partial charge in [0.05, 0.1) is 17.9 Å². The van der Waals surface area contributed by atoms with Gasteiger partial charge >= 0.3 is 0 Å². The Kier molecular flexibility index (Phi) is 4.55. The van der Waals surface area contributed by atoms with Crippen LogP contribution in [0.25, 0.3) is 11.3 Å². The molecule has 2 aliphatic rings. The van der Waals surface area contributed by atoms with Crippen LogP contribution in [0.15, 0.2) is 36.7 Å². The first-order valence-corrected chi connectivity index (χ1v) is 10.4. The Morgan fingerprint density at radius 2 is 1.93 bits per heavy atom. The molecule has 0 radical (unpaired) electrons. The van der Waals surface area contributed by atoms with Crippen molar-refractivity contribution < 1.29 is 0 Å². The van der Waals surface area contributed by atoms with E-state index in [0.717, 1.165) is 49.8 Å². The highest BCUT2D eigenvalue weighted by molar-refractivity contribution is 7.11. The van der Waals surface area contributed by atoms with Gasteiger partial charge in [0.2, 0.25) is 0 Å². The maximum absolute atomic E-state index is 4.84. The lowest BCUT2D eigenvalue weighted by Gasteiger charge is -2.34. The zero-order valence-electron chi connectivity index (χ0n) is 15.2. The van der Waals surface area contributed by atoms with Crippen molar-refractivity contribution in [2.24, 2.45) is 0 Å². The van der Waals surface area contributed by atoms with E-state index in [9.17, 15) is 0 Å². The predicted molar refractivity (Wildman–Crippen MR) is 107 cm³/mol. The smallest absolute Gasteiger partial charge is 0.151 e. The molecule has 5 rings (SSSR count). The van der Waals surface area contributed by atoms with E-state index in [1.54, 1.807) is 6.20 Å². The lowest BCUT2D eigenvalue weighted by atomic mass is 10.2. The van der Waals surface area contributed by atoms with Gasteiger partial charge in [-0.15, -0.1) is 21.5 Å². The fourth-order valence-electron chi connectivity index (χ4n) is 3.80. The summed E-state index contributed by atoms with van der Waals surface area (Å²) in [7, 11) is 0. The molecule has 27 heavy (non-hydrogen) atoms. The number of piperazine rings is 1. The highest BCUT2D eigenvalue weighted by Crippen LogP contribution is 2.28. The van der Waals surface area contributed by atoms with E-state index < -0.39 is 0 Å². The van der Waals surface area contributed by atoms with Gasteiger partial charge in [0.25, 0.3) is 0 Å². The van der Waals surface area contributed by atoms with Crippen LogP contribution < -0.4 is 4.90 Å². The number of pyridine rings is 1. The second-order valence-electron chi connectivity index (χ2n) is 7.11. The second kappa shape index (κ2) is 7.32. The minimum absolute atomic E-state index is 0.863. The van der Waals surface area contributed by atoms with Crippen molar-refractivity contribution in [3.8, 4) is 11.3 Å². The van der Waals surface area contributed by atoms with E-state index in [1.807, 2.05) is 35.7 Å². The number of aromatic nitrogens is 4. The first kappa shape index (κ1) is 16.8. The molecule has 0 atom stereocenters. The Labute approximate surface area is 162 Å². The lowest BCUT2D eigenvalue weighted by Crippen LogP contribution is -2.46. The SMILES string of the molecule is c1cncc(-c2ccc(N3CCN(Cc4nc5c(s4)CCC5)CC3)nn2)c1. The maximum atomic E-state index is 4.84. The summed E-state index contributed by atoms with van der Waals surface area (Å²) in [5.74, 6) is 0.954. The highest BCUT2D eigenvalue weighted by Gasteiger charge is 2.22. The van der Waals surface area contributed by atoms with Gasteiger partial charge in [0.15, 0.2) is 5.82 Å².